The first-order valence-electron chi connectivity index (χ1n) is 8.55. The lowest BCUT2D eigenvalue weighted by Crippen LogP contribution is -2.47. The van der Waals surface area contributed by atoms with Gasteiger partial charge in [-0.05, 0) is 23.6 Å². The van der Waals surface area contributed by atoms with Crippen LogP contribution >= 0.6 is 0 Å². The zero-order valence-electron chi connectivity index (χ0n) is 14.8. The molecule has 1 aromatic carbocycles. The van der Waals surface area contributed by atoms with Crippen LogP contribution < -0.4 is 10.6 Å². The van der Waals surface area contributed by atoms with Gasteiger partial charge in [0.05, 0.1) is 0 Å². The van der Waals surface area contributed by atoms with Gasteiger partial charge in [0.25, 0.3) is 0 Å². The van der Waals surface area contributed by atoms with Crippen LogP contribution in [-0.4, -0.2) is 54.5 Å². The summed E-state index contributed by atoms with van der Waals surface area (Å²) >= 11 is 0. The fourth-order valence-electron chi connectivity index (χ4n) is 2.64. The Morgan fingerprint density at radius 2 is 1.71 bits per heavy atom. The Bertz CT molecular complexity index is 549. The zero-order valence-corrected chi connectivity index (χ0v) is 14.8. The quantitative estimate of drug-likeness (QED) is 0.868. The molecule has 24 heavy (non-hydrogen) atoms. The van der Waals surface area contributed by atoms with E-state index in [2.05, 4.69) is 29.4 Å². The Hall–Kier alpha value is -2.08. The van der Waals surface area contributed by atoms with E-state index in [0.717, 1.165) is 38.4 Å². The van der Waals surface area contributed by atoms with Crippen molar-refractivity contribution in [1.29, 1.82) is 0 Å². The van der Waals surface area contributed by atoms with E-state index in [9.17, 15) is 9.59 Å². The molecule has 0 spiro atoms. The lowest BCUT2D eigenvalue weighted by atomic mass is 10.1. The van der Waals surface area contributed by atoms with Crippen molar-refractivity contribution in [3.63, 3.8) is 0 Å². The molecule has 0 aromatic heterocycles. The van der Waals surface area contributed by atoms with Gasteiger partial charge in [0.15, 0.2) is 0 Å². The van der Waals surface area contributed by atoms with Gasteiger partial charge in [-0.15, -0.1) is 0 Å². The molecule has 0 radical (unpaired) electrons. The summed E-state index contributed by atoms with van der Waals surface area (Å²) in [4.78, 5) is 27.3. The van der Waals surface area contributed by atoms with Gasteiger partial charge in [0.2, 0.25) is 5.91 Å². The number of hydrogen-bond acceptors (Lipinski definition) is 3. The van der Waals surface area contributed by atoms with Crippen LogP contribution in [0.4, 0.5) is 10.5 Å². The predicted molar refractivity (Wildman–Crippen MR) is 95.8 cm³/mol. The zero-order chi connectivity index (χ0) is 17.5. The number of nitrogens with zero attached hydrogens (tertiary/aromatic N) is 2. The number of piperazine rings is 1. The molecule has 3 amide bonds. The maximum Gasteiger partial charge on any atom is 0.319 e. The molecule has 0 unspecified atom stereocenters. The first-order chi connectivity index (χ1) is 11.4. The van der Waals surface area contributed by atoms with Crippen LogP contribution in [-0.2, 0) is 11.3 Å². The van der Waals surface area contributed by atoms with Crippen molar-refractivity contribution >= 4 is 17.6 Å². The Morgan fingerprint density at radius 1 is 1.08 bits per heavy atom. The van der Waals surface area contributed by atoms with E-state index in [4.69, 9.17) is 0 Å². The highest BCUT2D eigenvalue weighted by molar-refractivity contribution is 5.89. The van der Waals surface area contributed by atoms with Crippen molar-refractivity contribution in [2.24, 2.45) is 5.92 Å². The molecule has 1 heterocycles. The summed E-state index contributed by atoms with van der Waals surface area (Å²) in [5.74, 6) is 0.586. The molecule has 1 aliphatic heterocycles. The van der Waals surface area contributed by atoms with Crippen molar-refractivity contribution in [2.75, 3.05) is 38.0 Å². The van der Waals surface area contributed by atoms with Gasteiger partial charge in [-0.25, -0.2) is 4.79 Å². The monoisotopic (exact) mass is 332 g/mol. The standard InChI is InChI=1S/C18H28N4O2/c1-14(2)12-19-18(24)20-17-6-4-16(5-7-17)13-21-8-10-22(11-9-21)15(3)23/h4-7,14H,8-13H2,1-3H3,(H2,19,20,24). The third-order valence-electron chi connectivity index (χ3n) is 4.11. The lowest BCUT2D eigenvalue weighted by Gasteiger charge is -2.34. The minimum Gasteiger partial charge on any atom is -0.340 e. The minimum absolute atomic E-state index is 0.154. The SMILES string of the molecule is CC(=O)N1CCN(Cc2ccc(NC(=O)NCC(C)C)cc2)CC1. The average Bonchev–Trinajstić information content (AvgIpc) is 2.55. The topological polar surface area (TPSA) is 64.7 Å². The molecule has 1 saturated heterocycles. The molecule has 132 valence electrons. The van der Waals surface area contributed by atoms with Gasteiger partial charge in [-0.3, -0.25) is 9.69 Å². The average molecular weight is 332 g/mol. The highest BCUT2D eigenvalue weighted by atomic mass is 16.2. The number of rotatable bonds is 5. The van der Waals surface area contributed by atoms with Crippen LogP contribution in [0.5, 0.6) is 0 Å². The Kier molecular flexibility index (Phi) is 6.61. The number of hydrogen-bond donors (Lipinski definition) is 2. The number of carbonyl (C=O) groups is 2. The van der Waals surface area contributed by atoms with E-state index in [-0.39, 0.29) is 11.9 Å². The molecule has 2 rings (SSSR count). The molecule has 6 heteroatoms. The van der Waals surface area contributed by atoms with E-state index in [0.29, 0.717) is 12.5 Å². The van der Waals surface area contributed by atoms with Gasteiger partial charge in [-0.2, -0.15) is 0 Å². The number of benzene rings is 1. The van der Waals surface area contributed by atoms with E-state index in [1.807, 2.05) is 29.2 Å². The lowest BCUT2D eigenvalue weighted by molar-refractivity contribution is -0.130. The highest BCUT2D eigenvalue weighted by Gasteiger charge is 2.18. The normalized spacial score (nSPS) is 15.4. The maximum atomic E-state index is 11.7. The molecule has 1 aliphatic rings. The van der Waals surface area contributed by atoms with E-state index < -0.39 is 0 Å². The second-order valence-corrected chi connectivity index (χ2v) is 6.71. The van der Waals surface area contributed by atoms with Crippen LogP contribution in [0.1, 0.15) is 26.3 Å². The molecule has 0 aliphatic carbocycles. The molecule has 2 N–H and O–H groups in total. The molecular weight excluding hydrogens is 304 g/mol. The van der Waals surface area contributed by atoms with Crippen molar-refractivity contribution in [3.8, 4) is 0 Å². The van der Waals surface area contributed by atoms with Crippen molar-refractivity contribution in [3.05, 3.63) is 29.8 Å². The van der Waals surface area contributed by atoms with Crippen molar-refractivity contribution in [1.82, 2.24) is 15.1 Å². The third-order valence-corrected chi connectivity index (χ3v) is 4.11. The Morgan fingerprint density at radius 3 is 2.25 bits per heavy atom. The number of amides is 3. The molecule has 1 aromatic rings. The summed E-state index contributed by atoms with van der Waals surface area (Å²) in [5.41, 5.74) is 2.00. The number of carbonyl (C=O) groups excluding carboxylic acids is 2. The largest absolute Gasteiger partial charge is 0.340 e. The number of nitrogens with one attached hydrogen (secondary N) is 2. The summed E-state index contributed by atoms with van der Waals surface area (Å²) in [7, 11) is 0. The predicted octanol–water partition coefficient (Wildman–Crippen LogP) is 2.13. The number of urea groups is 1. The van der Waals surface area contributed by atoms with E-state index >= 15 is 0 Å². The summed E-state index contributed by atoms with van der Waals surface area (Å²) in [6.07, 6.45) is 0. The molecular formula is C18H28N4O2. The summed E-state index contributed by atoms with van der Waals surface area (Å²) in [5, 5.41) is 5.67. The fourth-order valence-corrected chi connectivity index (χ4v) is 2.64. The van der Waals surface area contributed by atoms with Crippen LogP contribution in [0.25, 0.3) is 0 Å². The molecule has 0 saturated carbocycles. The summed E-state index contributed by atoms with van der Waals surface area (Å²) < 4.78 is 0. The van der Waals surface area contributed by atoms with Crippen LogP contribution in [0.2, 0.25) is 0 Å². The van der Waals surface area contributed by atoms with Crippen LogP contribution in [0, 0.1) is 5.92 Å². The Labute approximate surface area is 144 Å². The van der Waals surface area contributed by atoms with Gasteiger partial charge < -0.3 is 15.5 Å². The Balaban J connectivity index is 1.78. The second-order valence-electron chi connectivity index (χ2n) is 6.71. The molecule has 1 fully saturated rings. The maximum absolute atomic E-state index is 11.7. The first-order valence-corrected chi connectivity index (χ1v) is 8.55. The fraction of sp³-hybridized carbons (Fsp3) is 0.556. The van der Waals surface area contributed by atoms with Crippen molar-refractivity contribution < 1.29 is 9.59 Å². The highest BCUT2D eigenvalue weighted by Crippen LogP contribution is 2.13. The van der Waals surface area contributed by atoms with E-state index in [1.54, 1.807) is 6.92 Å². The van der Waals surface area contributed by atoms with Crippen LogP contribution in [0.15, 0.2) is 24.3 Å². The number of anilines is 1. The first kappa shape index (κ1) is 18.3. The van der Waals surface area contributed by atoms with Gasteiger partial charge in [0.1, 0.15) is 0 Å². The minimum atomic E-state index is -0.170. The molecule has 0 bridgehead atoms. The molecule has 0 atom stereocenters. The molecule has 6 nitrogen and oxygen atoms in total. The smallest absolute Gasteiger partial charge is 0.319 e. The summed E-state index contributed by atoms with van der Waals surface area (Å²) in [6, 6.07) is 7.76. The summed E-state index contributed by atoms with van der Waals surface area (Å²) in [6.45, 7) is 10.7. The van der Waals surface area contributed by atoms with Gasteiger partial charge in [-0.1, -0.05) is 26.0 Å². The second kappa shape index (κ2) is 8.68. The van der Waals surface area contributed by atoms with E-state index in [1.165, 1.54) is 5.56 Å². The third kappa shape index (κ3) is 5.85. The van der Waals surface area contributed by atoms with Gasteiger partial charge >= 0.3 is 6.03 Å². The van der Waals surface area contributed by atoms with Crippen molar-refractivity contribution in [2.45, 2.75) is 27.3 Å². The van der Waals surface area contributed by atoms with Crippen LogP contribution in [0.3, 0.4) is 0 Å². The van der Waals surface area contributed by atoms with Gasteiger partial charge in [0, 0.05) is 51.9 Å².